The van der Waals surface area contributed by atoms with Crippen molar-refractivity contribution in [1.82, 2.24) is 10.2 Å². The molecule has 2 aromatic carbocycles. The fourth-order valence-electron chi connectivity index (χ4n) is 3.68. The highest BCUT2D eigenvalue weighted by molar-refractivity contribution is 5.94. The van der Waals surface area contributed by atoms with Crippen molar-refractivity contribution in [3.05, 3.63) is 65.5 Å². The topological polar surface area (TPSA) is 41.6 Å². The molecule has 0 aliphatic carbocycles. The number of hydrogen-bond donors (Lipinski definition) is 1. The first-order valence-corrected chi connectivity index (χ1v) is 10.0. The quantitative estimate of drug-likeness (QED) is 0.740. The highest BCUT2D eigenvalue weighted by Crippen LogP contribution is 2.18. The maximum atomic E-state index is 13.3. The zero-order valence-corrected chi connectivity index (χ0v) is 16.7. The number of ether oxygens (including phenoxy) is 1. The zero-order chi connectivity index (χ0) is 19.9. The van der Waals surface area contributed by atoms with E-state index in [1.807, 2.05) is 6.07 Å². The van der Waals surface area contributed by atoms with Crippen LogP contribution in [0, 0.1) is 11.7 Å². The Kier molecular flexibility index (Phi) is 7.04. The summed E-state index contributed by atoms with van der Waals surface area (Å²) in [5, 5.41) is 3.08. The minimum Gasteiger partial charge on any atom is -0.489 e. The smallest absolute Gasteiger partial charge is 0.251 e. The lowest BCUT2D eigenvalue weighted by Gasteiger charge is -2.31. The molecule has 5 heteroatoms. The standard InChI is InChI=1S/C23H29FN2O2/c1-17(2)22(26-11-3-4-12-26)15-25-23(27)19-8-6-10-21(14-19)28-16-18-7-5-9-20(24)13-18/h5-10,13-14,17,22H,3-4,11-12,15-16H2,1-2H3,(H,25,27). The van der Waals surface area contributed by atoms with Crippen molar-refractivity contribution in [2.45, 2.75) is 39.3 Å². The average molecular weight is 384 g/mol. The van der Waals surface area contributed by atoms with Gasteiger partial charge in [0.25, 0.3) is 5.91 Å². The molecule has 0 spiro atoms. The Morgan fingerprint density at radius 1 is 1.14 bits per heavy atom. The van der Waals surface area contributed by atoms with Crippen molar-refractivity contribution in [2.24, 2.45) is 5.92 Å². The van der Waals surface area contributed by atoms with Gasteiger partial charge in [0.1, 0.15) is 18.2 Å². The molecule has 1 unspecified atom stereocenters. The van der Waals surface area contributed by atoms with Crippen LogP contribution in [0.1, 0.15) is 42.6 Å². The van der Waals surface area contributed by atoms with E-state index in [4.69, 9.17) is 4.74 Å². The Morgan fingerprint density at radius 2 is 1.89 bits per heavy atom. The molecule has 1 N–H and O–H groups in total. The van der Waals surface area contributed by atoms with Crippen molar-refractivity contribution in [2.75, 3.05) is 19.6 Å². The van der Waals surface area contributed by atoms with Crippen LogP contribution < -0.4 is 10.1 Å². The lowest BCUT2D eigenvalue weighted by molar-refractivity contribution is 0.0927. The minimum absolute atomic E-state index is 0.0962. The summed E-state index contributed by atoms with van der Waals surface area (Å²) in [5.74, 6) is 0.698. The van der Waals surface area contributed by atoms with Crippen LogP contribution in [0.4, 0.5) is 4.39 Å². The summed E-state index contributed by atoms with van der Waals surface area (Å²) in [6.45, 7) is 7.54. The predicted molar refractivity (Wildman–Crippen MR) is 109 cm³/mol. The van der Waals surface area contributed by atoms with Crippen LogP contribution in [0.2, 0.25) is 0 Å². The van der Waals surface area contributed by atoms with Crippen LogP contribution >= 0.6 is 0 Å². The number of amides is 1. The van der Waals surface area contributed by atoms with Crippen LogP contribution in [0.5, 0.6) is 5.75 Å². The third-order valence-corrected chi connectivity index (χ3v) is 5.24. The SMILES string of the molecule is CC(C)C(CNC(=O)c1cccc(OCc2cccc(F)c2)c1)N1CCCC1. The van der Waals surface area contributed by atoms with Crippen molar-refractivity contribution in [3.63, 3.8) is 0 Å². The maximum Gasteiger partial charge on any atom is 0.251 e. The van der Waals surface area contributed by atoms with Gasteiger partial charge in [0.2, 0.25) is 0 Å². The van der Waals surface area contributed by atoms with E-state index >= 15 is 0 Å². The molecule has 1 fully saturated rings. The average Bonchev–Trinajstić information content (AvgIpc) is 3.21. The molecule has 0 saturated carbocycles. The van der Waals surface area contributed by atoms with Crippen LogP contribution in [-0.4, -0.2) is 36.5 Å². The van der Waals surface area contributed by atoms with E-state index in [0.717, 1.165) is 18.7 Å². The van der Waals surface area contributed by atoms with Gasteiger partial charge in [-0.1, -0.05) is 32.0 Å². The molecule has 4 nitrogen and oxygen atoms in total. The minimum atomic E-state index is -0.285. The molecule has 1 aliphatic heterocycles. The molecule has 28 heavy (non-hydrogen) atoms. The van der Waals surface area contributed by atoms with Crippen molar-refractivity contribution in [3.8, 4) is 5.75 Å². The molecule has 1 heterocycles. The molecule has 1 atom stereocenters. The van der Waals surface area contributed by atoms with E-state index in [2.05, 4.69) is 24.1 Å². The van der Waals surface area contributed by atoms with E-state index in [1.165, 1.54) is 25.0 Å². The molecular formula is C23H29FN2O2. The van der Waals surface area contributed by atoms with E-state index < -0.39 is 0 Å². The Labute approximate surface area is 166 Å². The van der Waals surface area contributed by atoms with Gasteiger partial charge in [-0.05, 0) is 67.7 Å². The number of carbonyl (C=O) groups is 1. The molecule has 1 amide bonds. The number of nitrogens with one attached hydrogen (secondary N) is 1. The van der Waals surface area contributed by atoms with Gasteiger partial charge >= 0.3 is 0 Å². The zero-order valence-electron chi connectivity index (χ0n) is 16.7. The summed E-state index contributed by atoms with van der Waals surface area (Å²) < 4.78 is 19.0. The molecule has 1 saturated heterocycles. The van der Waals surface area contributed by atoms with Gasteiger partial charge in [0.05, 0.1) is 0 Å². The monoisotopic (exact) mass is 384 g/mol. The Bertz CT molecular complexity index is 788. The first-order chi connectivity index (χ1) is 13.5. The lowest BCUT2D eigenvalue weighted by Crippen LogP contribution is -2.45. The molecule has 2 aromatic rings. The van der Waals surface area contributed by atoms with E-state index in [1.54, 1.807) is 30.3 Å². The van der Waals surface area contributed by atoms with Crippen molar-refractivity contribution in [1.29, 1.82) is 0 Å². The summed E-state index contributed by atoms with van der Waals surface area (Å²) >= 11 is 0. The summed E-state index contributed by atoms with van der Waals surface area (Å²) in [7, 11) is 0. The number of likely N-dealkylation sites (tertiary alicyclic amines) is 1. The summed E-state index contributed by atoms with van der Waals surface area (Å²) in [6, 6.07) is 13.8. The third kappa shape index (κ3) is 5.55. The van der Waals surface area contributed by atoms with E-state index in [-0.39, 0.29) is 18.3 Å². The number of rotatable bonds is 8. The largest absolute Gasteiger partial charge is 0.489 e. The van der Waals surface area contributed by atoms with Crippen LogP contribution in [0.25, 0.3) is 0 Å². The number of carbonyl (C=O) groups excluding carboxylic acids is 1. The van der Waals surface area contributed by atoms with Crippen LogP contribution in [-0.2, 0) is 6.61 Å². The Morgan fingerprint density at radius 3 is 2.61 bits per heavy atom. The molecule has 0 radical (unpaired) electrons. The normalized spacial score (nSPS) is 15.6. The summed E-state index contributed by atoms with van der Waals surface area (Å²) in [5.41, 5.74) is 1.32. The van der Waals surface area contributed by atoms with E-state index in [9.17, 15) is 9.18 Å². The first-order valence-electron chi connectivity index (χ1n) is 10.0. The van der Waals surface area contributed by atoms with Gasteiger partial charge < -0.3 is 10.1 Å². The van der Waals surface area contributed by atoms with E-state index in [0.29, 0.717) is 29.8 Å². The lowest BCUT2D eigenvalue weighted by atomic mass is 10.0. The second-order valence-electron chi connectivity index (χ2n) is 7.71. The van der Waals surface area contributed by atoms with Crippen LogP contribution in [0.3, 0.4) is 0 Å². The fraction of sp³-hybridized carbons (Fsp3) is 0.435. The van der Waals surface area contributed by atoms with Gasteiger partial charge in [-0.3, -0.25) is 9.69 Å². The first kappa shape index (κ1) is 20.3. The molecule has 0 aromatic heterocycles. The maximum absolute atomic E-state index is 13.3. The van der Waals surface area contributed by atoms with Gasteiger partial charge in [0.15, 0.2) is 0 Å². The number of nitrogens with zero attached hydrogens (tertiary/aromatic N) is 1. The number of halogens is 1. The highest BCUT2D eigenvalue weighted by atomic mass is 19.1. The Hall–Kier alpha value is -2.40. The molecule has 3 rings (SSSR count). The molecular weight excluding hydrogens is 355 g/mol. The van der Waals surface area contributed by atoms with Crippen molar-refractivity contribution < 1.29 is 13.9 Å². The Balaban J connectivity index is 1.57. The van der Waals surface area contributed by atoms with Crippen molar-refractivity contribution >= 4 is 5.91 Å². The summed E-state index contributed by atoms with van der Waals surface area (Å²) in [6.07, 6.45) is 2.48. The van der Waals surface area contributed by atoms with Crippen LogP contribution in [0.15, 0.2) is 48.5 Å². The third-order valence-electron chi connectivity index (χ3n) is 5.24. The van der Waals surface area contributed by atoms with Gasteiger partial charge in [-0.25, -0.2) is 4.39 Å². The van der Waals surface area contributed by atoms with Gasteiger partial charge in [-0.2, -0.15) is 0 Å². The second-order valence-corrected chi connectivity index (χ2v) is 7.71. The fourth-order valence-corrected chi connectivity index (χ4v) is 3.68. The highest BCUT2D eigenvalue weighted by Gasteiger charge is 2.25. The molecule has 0 bridgehead atoms. The number of benzene rings is 2. The second kappa shape index (κ2) is 9.69. The number of hydrogen-bond acceptors (Lipinski definition) is 3. The van der Waals surface area contributed by atoms with Gasteiger partial charge in [0, 0.05) is 18.2 Å². The predicted octanol–water partition coefficient (Wildman–Crippen LogP) is 4.25. The van der Waals surface area contributed by atoms with Gasteiger partial charge in [-0.15, -0.1) is 0 Å². The molecule has 1 aliphatic rings. The summed E-state index contributed by atoms with van der Waals surface area (Å²) in [4.78, 5) is 15.1. The molecule has 150 valence electrons.